The number of rotatable bonds is 5. The third kappa shape index (κ3) is 2.38. The molecular formula is C14H20N2O3. The van der Waals surface area contributed by atoms with Gasteiger partial charge in [0.2, 0.25) is 5.91 Å². The second-order valence-electron chi connectivity index (χ2n) is 4.89. The van der Waals surface area contributed by atoms with Gasteiger partial charge in [-0.25, -0.2) is 0 Å². The van der Waals surface area contributed by atoms with Crippen molar-refractivity contribution in [3.63, 3.8) is 0 Å². The summed E-state index contributed by atoms with van der Waals surface area (Å²) in [6.07, 6.45) is 1.75. The van der Waals surface area contributed by atoms with E-state index in [0.717, 1.165) is 18.5 Å². The molecule has 0 radical (unpaired) electrons. The highest BCUT2D eigenvalue weighted by Gasteiger charge is 2.50. The normalized spacial score (nSPS) is 15.8. The van der Waals surface area contributed by atoms with Gasteiger partial charge in [0.05, 0.1) is 19.6 Å². The SMILES string of the molecule is COc1ccc(N(C)C(=O)C2(CN)CC2)cc1OC. The van der Waals surface area contributed by atoms with Crippen molar-refractivity contribution in [3.05, 3.63) is 18.2 Å². The lowest BCUT2D eigenvalue weighted by atomic mass is 10.1. The van der Waals surface area contributed by atoms with Crippen molar-refractivity contribution in [2.45, 2.75) is 12.8 Å². The molecule has 0 heterocycles. The standard InChI is InChI=1S/C14H20N2O3/c1-16(13(17)14(9-15)6-7-14)10-4-5-11(18-2)12(8-10)19-3/h4-5,8H,6-7,9,15H2,1-3H3. The Morgan fingerprint density at radius 3 is 2.42 bits per heavy atom. The molecular weight excluding hydrogens is 244 g/mol. The Morgan fingerprint density at radius 2 is 1.95 bits per heavy atom. The fourth-order valence-corrected chi connectivity index (χ4v) is 2.16. The summed E-state index contributed by atoms with van der Waals surface area (Å²) >= 11 is 0. The number of carbonyl (C=O) groups excluding carboxylic acids is 1. The minimum absolute atomic E-state index is 0.0715. The van der Waals surface area contributed by atoms with Crippen LogP contribution in [0.25, 0.3) is 0 Å². The Morgan fingerprint density at radius 1 is 1.32 bits per heavy atom. The quantitative estimate of drug-likeness (QED) is 0.873. The van der Waals surface area contributed by atoms with Crippen LogP contribution in [0.4, 0.5) is 5.69 Å². The monoisotopic (exact) mass is 264 g/mol. The first kappa shape index (κ1) is 13.7. The molecule has 0 unspecified atom stereocenters. The van der Waals surface area contributed by atoms with E-state index in [0.29, 0.717) is 18.0 Å². The van der Waals surface area contributed by atoms with Gasteiger partial charge in [0, 0.05) is 25.3 Å². The number of hydrogen-bond acceptors (Lipinski definition) is 4. The van der Waals surface area contributed by atoms with Crippen LogP contribution in [0.5, 0.6) is 11.5 Å². The predicted molar refractivity (Wildman–Crippen MR) is 73.7 cm³/mol. The van der Waals surface area contributed by atoms with Crippen LogP contribution in [0.1, 0.15) is 12.8 Å². The maximum Gasteiger partial charge on any atom is 0.234 e. The van der Waals surface area contributed by atoms with Crippen LogP contribution in [0, 0.1) is 5.41 Å². The van der Waals surface area contributed by atoms with E-state index in [-0.39, 0.29) is 11.3 Å². The highest BCUT2D eigenvalue weighted by molar-refractivity contribution is 5.99. The van der Waals surface area contributed by atoms with Crippen LogP contribution in [0.3, 0.4) is 0 Å². The highest BCUT2D eigenvalue weighted by atomic mass is 16.5. The van der Waals surface area contributed by atoms with Gasteiger partial charge in [-0.2, -0.15) is 0 Å². The highest BCUT2D eigenvalue weighted by Crippen LogP contribution is 2.46. The fourth-order valence-electron chi connectivity index (χ4n) is 2.16. The van der Waals surface area contributed by atoms with Gasteiger partial charge in [0.1, 0.15) is 0 Å². The van der Waals surface area contributed by atoms with E-state index in [1.807, 2.05) is 6.07 Å². The summed E-state index contributed by atoms with van der Waals surface area (Å²) in [5, 5.41) is 0. The van der Waals surface area contributed by atoms with Crippen LogP contribution >= 0.6 is 0 Å². The Kier molecular flexibility index (Phi) is 3.66. The van der Waals surface area contributed by atoms with Crippen molar-refractivity contribution < 1.29 is 14.3 Å². The number of ether oxygens (including phenoxy) is 2. The summed E-state index contributed by atoms with van der Waals surface area (Å²) < 4.78 is 10.4. The minimum Gasteiger partial charge on any atom is -0.493 e. The van der Waals surface area contributed by atoms with Gasteiger partial charge in [0.15, 0.2) is 11.5 Å². The van der Waals surface area contributed by atoms with Gasteiger partial charge >= 0.3 is 0 Å². The van der Waals surface area contributed by atoms with E-state index in [1.165, 1.54) is 0 Å². The van der Waals surface area contributed by atoms with E-state index in [2.05, 4.69) is 0 Å². The zero-order valence-electron chi connectivity index (χ0n) is 11.6. The third-order valence-electron chi connectivity index (χ3n) is 3.76. The summed E-state index contributed by atoms with van der Waals surface area (Å²) in [4.78, 5) is 14.0. The average molecular weight is 264 g/mol. The summed E-state index contributed by atoms with van der Waals surface area (Å²) in [5.74, 6) is 1.33. The van der Waals surface area contributed by atoms with Crippen molar-refractivity contribution in [3.8, 4) is 11.5 Å². The molecule has 0 saturated heterocycles. The lowest BCUT2D eigenvalue weighted by molar-refractivity contribution is -0.123. The second kappa shape index (κ2) is 5.09. The lowest BCUT2D eigenvalue weighted by Crippen LogP contribution is -2.38. The molecule has 0 bridgehead atoms. The van der Waals surface area contributed by atoms with Crippen molar-refractivity contribution in [1.82, 2.24) is 0 Å². The van der Waals surface area contributed by atoms with Crippen molar-refractivity contribution >= 4 is 11.6 Å². The largest absolute Gasteiger partial charge is 0.493 e. The Hall–Kier alpha value is -1.75. The van der Waals surface area contributed by atoms with Crippen molar-refractivity contribution in [2.75, 3.05) is 32.7 Å². The van der Waals surface area contributed by atoms with E-state index < -0.39 is 0 Å². The van der Waals surface area contributed by atoms with Crippen LogP contribution < -0.4 is 20.1 Å². The van der Waals surface area contributed by atoms with Gasteiger partial charge in [-0.05, 0) is 25.0 Å². The van der Waals surface area contributed by atoms with Crippen LogP contribution in [-0.4, -0.2) is 33.7 Å². The number of anilines is 1. The Bertz CT molecular complexity index is 484. The zero-order chi connectivity index (χ0) is 14.0. The van der Waals surface area contributed by atoms with Gasteiger partial charge in [-0.15, -0.1) is 0 Å². The van der Waals surface area contributed by atoms with E-state index >= 15 is 0 Å². The molecule has 1 amide bonds. The number of benzene rings is 1. The number of nitrogens with zero attached hydrogens (tertiary/aromatic N) is 1. The molecule has 0 aromatic heterocycles. The van der Waals surface area contributed by atoms with Gasteiger partial charge in [0.25, 0.3) is 0 Å². The minimum atomic E-state index is -0.345. The number of hydrogen-bond donors (Lipinski definition) is 1. The first-order chi connectivity index (χ1) is 9.07. The molecule has 0 atom stereocenters. The summed E-state index contributed by atoms with van der Waals surface area (Å²) in [7, 11) is 4.92. The van der Waals surface area contributed by atoms with Crippen LogP contribution in [0.2, 0.25) is 0 Å². The molecule has 0 aliphatic heterocycles. The Balaban J connectivity index is 2.24. The maximum atomic E-state index is 12.4. The molecule has 2 rings (SSSR count). The van der Waals surface area contributed by atoms with E-state index in [4.69, 9.17) is 15.2 Å². The summed E-state index contributed by atoms with van der Waals surface area (Å²) in [6, 6.07) is 5.43. The van der Waals surface area contributed by atoms with Gasteiger partial charge in [-0.3, -0.25) is 4.79 Å². The molecule has 0 spiro atoms. The zero-order valence-corrected chi connectivity index (χ0v) is 11.6. The third-order valence-corrected chi connectivity index (χ3v) is 3.76. The van der Waals surface area contributed by atoms with Crippen LogP contribution in [-0.2, 0) is 4.79 Å². The topological polar surface area (TPSA) is 64.8 Å². The van der Waals surface area contributed by atoms with Gasteiger partial charge < -0.3 is 20.1 Å². The summed E-state index contributed by atoms with van der Waals surface area (Å²) in [6.45, 7) is 0.406. The molecule has 19 heavy (non-hydrogen) atoms. The molecule has 1 aromatic carbocycles. The average Bonchev–Trinajstić information content (AvgIpc) is 3.26. The van der Waals surface area contributed by atoms with Crippen LogP contribution in [0.15, 0.2) is 18.2 Å². The Labute approximate surface area is 113 Å². The molecule has 1 saturated carbocycles. The fraction of sp³-hybridized carbons (Fsp3) is 0.500. The molecule has 2 N–H and O–H groups in total. The molecule has 1 fully saturated rings. The number of amides is 1. The van der Waals surface area contributed by atoms with Crippen molar-refractivity contribution in [1.29, 1.82) is 0 Å². The maximum absolute atomic E-state index is 12.4. The number of nitrogens with two attached hydrogens (primary N) is 1. The van der Waals surface area contributed by atoms with E-state index in [9.17, 15) is 4.79 Å². The molecule has 5 nitrogen and oxygen atoms in total. The molecule has 1 aromatic rings. The smallest absolute Gasteiger partial charge is 0.234 e. The number of carbonyl (C=O) groups is 1. The van der Waals surface area contributed by atoms with Gasteiger partial charge in [-0.1, -0.05) is 0 Å². The predicted octanol–water partition coefficient (Wildman–Crippen LogP) is 1.41. The van der Waals surface area contributed by atoms with E-state index in [1.54, 1.807) is 38.3 Å². The van der Waals surface area contributed by atoms with Crippen molar-refractivity contribution in [2.24, 2.45) is 11.1 Å². The first-order valence-electron chi connectivity index (χ1n) is 6.28. The second-order valence-corrected chi connectivity index (χ2v) is 4.89. The lowest BCUT2D eigenvalue weighted by Gasteiger charge is -2.23. The molecule has 1 aliphatic carbocycles. The molecule has 1 aliphatic rings. The molecule has 104 valence electrons. The number of methoxy groups -OCH3 is 2. The first-order valence-corrected chi connectivity index (χ1v) is 6.28. The summed E-state index contributed by atoms with van der Waals surface area (Å²) in [5.41, 5.74) is 6.13. The molecule has 5 heteroatoms.